The Morgan fingerprint density at radius 1 is 1.33 bits per heavy atom. The van der Waals surface area contributed by atoms with E-state index in [1.807, 2.05) is 31.7 Å². The summed E-state index contributed by atoms with van der Waals surface area (Å²) in [6, 6.07) is 0. The molecule has 0 saturated heterocycles. The van der Waals surface area contributed by atoms with Crippen molar-refractivity contribution in [2.75, 3.05) is 0 Å². The van der Waals surface area contributed by atoms with Crippen LogP contribution in [-0.4, -0.2) is 19.3 Å². The van der Waals surface area contributed by atoms with Gasteiger partial charge in [0.25, 0.3) is 0 Å². The molecule has 0 aliphatic heterocycles. The van der Waals surface area contributed by atoms with Gasteiger partial charge in [0.1, 0.15) is 0 Å². The maximum atomic E-state index is 6.06. The molecule has 0 unspecified atom stereocenters. The molecule has 2 aromatic heterocycles. The van der Waals surface area contributed by atoms with E-state index >= 15 is 0 Å². The zero-order valence-corrected chi connectivity index (χ0v) is 9.18. The molecule has 2 heterocycles. The van der Waals surface area contributed by atoms with Crippen molar-refractivity contribution in [2.24, 2.45) is 12.8 Å². The lowest BCUT2D eigenvalue weighted by Gasteiger charge is -2.19. The Morgan fingerprint density at radius 2 is 2.07 bits per heavy atom. The molecule has 0 amide bonds. The third-order valence-electron chi connectivity index (χ3n) is 2.27. The van der Waals surface area contributed by atoms with E-state index in [1.165, 1.54) is 0 Å². The molecule has 2 N–H and O–H groups in total. The summed E-state index contributed by atoms with van der Waals surface area (Å²) in [6.07, 6.45) is 7.25. The van der Waals surface area contributed by atoms with Gasteiger partial charge in [-0.05, 0) is 13.8 Å². The van der Waals surface area contributed by atoms with Crippen molar-refractivity contribution in [3.8, 4) is 5.69 Å². The summed E-state index contributed by atoms with van der Waals surface area (Å²) in [7, 11) is 1.88. The van der Waals surface area contributed by atoms with E-state index in [0.29, 0.717) is 0 Å². The fourth-order valence-corrected chi connectivity index (χ4v) is 1.51. The number of rotatable bonds is 2. The maximum Gasteiger partial charge on any atom is 0.0995 e. The normalized spacial score (nSPS) is 12.0. The van der Waals surface area contributed by atoms with Gasteiger partial charge in [0, 0.05) is 13.2 Å². The summed E-state index contributed by atoms with van der Waals surface area (Å²) in [6.45, 7) is 3.91. The average Bonchev–Trinajstić information content (AvgIpc) is 2.68. The predicted octanol–water partition coefficient (Wildman–Crippen LogP) is 0.800. The molecule has 0 radical (unpaired) electrons. The maximum absolute atomic E-state index is 6.06. The summed E-state index contributed by atoms with van der Waals surface area (Å²) in [4.78, 5) is 4.12. The van der Waals surface area contributed by atoms with Gasteiger partial charge in [0.2, 0.25) is 0 Å². The van der Waals surface area contributed by atoms with E-state index in [1.54, 1.807) is 23.4 Å². The zero-order valence-electron chi connectivity index (χ0n) is 9.18. The molecule has 0 atom stereocenters. The van der Waals surface area contributed by atoms with Crippen LogP contribution in [0.1, 0.15) is 19.5 Å². The van der Waals surface area contributed by atoms with E-state index in [2.05, 4.69) is 10.1 Å². The number of hydrogen-bond acceptors (Lipinski definition) is 3. The molecule has 2 rings (SSSR count). The van der Waals surface area contributed by atoms with Crippen LogP contribution in [0, 0.1) is 0 Å². The Kier molecular flexibility index (Phi) is 2.12. The molecule has 0 fully saturated rings. The van der Waals surface area contributed by atoms with Crippen LogP contribution in [0.2, 0.25) is 0 Å². The van der Waals surface area contributed by atoms with E-state index in [4.69, 9.17) is 5.73 Å². The molecule has 0 aromatic carbocycles. The molecule has 0 saturated carbocycles. The first-order chi connectivity index (χ1) is 6.98. The van der Waals surface area contributed by atoms with Crippen LogP contribution in [0.4, 0.5) is 0 Å². The second-order valence-corrected chi connectivity index (χ2v) is 4.24. The first-order valence-electron chi connectivity index (χ1n) is 4.79. The van der Waals surface area contributed by atoms with Gasteiger partial charge in [0.05, 0.1) is 35.6 Å². The van der Waals surface area contributed by atoms with Crippen molar-refractivity contribution >= 4 is 0 Å². The fourth-order valence-electron chi connectivity index (χ4n) is 1.51. The molecule has 15 heavy (non-hydrogen) atoms. The summed E-state index contributed by atoms with van der Waals surface area (Å²) in [5, 5.41) is 4.12. The highest BCUT2D eigenvalue weighted by atomic mass is 15.3. The van der Waals surface area contributed by atoms with Crippen LogP contribution in [0.25, 0.3) is 5.69 Å². The largest absolute Gasteiger partial charge is 0.321 e. The molecule has 0 bridgehead atoms. The van der Waals surface area contributed by atoms with Crippen LogP contribution < -0.4 is 5.73 Å². The van der Waals surface area contributed by atoms with E-state index in [9.17, 15) is 0 Å². The average molecular weight is 205 g/mol. The smallest absolute Gasteiger partial charge is 0.0995 e. The van der Waals surface area contributed by atoms with Crippen molar-refractivity contribution < 1.29 is 0 Å². The Balaban J connectivity index is 2.50. The van der Waals surface area contributed by atoms with Crippen LogP contribution >= 0.6 is 0 Å². The van der Waals surface area contributed by atoms with Gasteiger partial charge in [-0.3, -0.25) is 9.25 Å². The van der Waals surface area contributed by atoms with Crippen LogP contribution in [0.15, 0.2) is 24.9 Å². The van der Waals surface area contributed by atoms with Crippen molar-refractivity contribution in [3.05, 3.63) is 30.6 Å². The summed E-state index contributed by atoms with van der Waals surface area (Å²) in [5.41, 5.74) is 7.59. The van der Waals surface area contributed by atoms with Crippen molar-refractivity contribution in [1.82, 2.24) is 19.3 Å². The quantitative estimate of drug-likeness (QED) is 0.788. The number of aryl methyl sites for hydroxylation is 1. The van der Waals surface area contributed by atoms with Crippen LogP contribution in [0.3, 0.4) is 0 Å². The third-order valence-corrected chi connectivity index (χ3v) is 2.27. The molecular formula is C10H15N5. The topological polar surface area (TPSA) is 61.7 Å². The third kappa shape index (κ3) is 1.78. The van der Waals surface area contributed by atoms with Gasteiger partial charge in [-0.2, -0.15) is 5.10 Å². The Morgan fingerprint density at radius 3 is 2.60 bits per heavy atom. The Hall–Kier alpha value is -1.62. The second kappa shape index (κ2) is 3.20. The lowest BCUT2D eigenvalue weighted by molar-refractivity contribution is 0.524. The number of nitrogens with zero attached hydrogens (tertiary/aromatic N) is 4. The first kappa shape index (κ1) is 9.92. The monoisotopic (exact) mass is 205 g/mol. The fraction of sp³-hybridized carbons (Fsp3) is 0.400. The Bertz CT molecular complexity index is 460. The number of hydrogen-bond donors (Lipinski definition) is 1. The highest BCUT2D eigenvalue weighted by Crippen LogP contribution is 2.19. The van der Waals surface area contributed by atoms with Gasteiger partial charge in [-0.1, -0.05) is 0 Å². The van der Waals surface area contributed by atoms with Crippen molar-refractivity contribution in [3.63, 3.8) is 0 Å². The highest BCUT2D eigenvalue weighted by Gasteiger charge is 2.20. The molecule has 80 valence electrons. The van der Waals surface area contributed by atoms with Crippen LogP contribution in [-0.2, 0) is 12.6 Å². The zero-order chi connectivity index (χ0) is 11.1. The number of nitrogens with two attached hydrogens (primary N) is 1. The van der Waals surface area contributed by atoms with E-state index in [-0.39, 0.29) is 0 Å². The summed E-state index contributed by atoms with van der Waals surface area (Å²) >= 11 is 0. The minimum absolute atomic E-state index is 0.410. The first-order valence-corrected chi connectivity index (χ1v) is 4.79. The minimum atomic E-state index is -0.410. The van der Waals surface area contributed by atoms with Crippen molar-refractivity contribution in [2.45, 2.75) is 19.4 Å². The Labute approximate surface area is 88.5 Å². The summed E-state index contributed by atoms with van der Waals surface area (Å²) < 4.78 is 3.70. The lowest BCUT2D eigenvalue weighted by Crippen LogP contribution is -2.31. The van der Waals surface area contributed by atoms with Gasteiger partial charge in [0.15, 0.2) is 0 Å². The molecule has 0 spiro atoms. The van der Waals surface area contributed by atoms with E-state index in [0.717, 1.165) is 11.4 Å². The number of aromatic nitrogens is 4. The number of imidazole rings is 1. The molecule has 0 aliphatic carbocycles. The molecular weight excluding hydrogens is 190 g/mol. The van der Waals surface area contributed by atoms with E-state index < -0.39 is 5.54 Å². The lowest BCUT2D eigenvalue weighted by atomic mass is 10.0. The van der Waals surface area contributed by atoms with Gasteiger partial charge >= 0.3 is 0 Å². The highest BCUT2D eigenvalue weighted by molar-refractivity contribution is 5.30. The SMILES string of the molecule is Cn1cc(-n2cncc2C(C)(C)N)cn1. The standard InChI is InChI=1S/C10H15N5/c1-10(2,11)9-5-12-7-15(9)8-4-13-14(3)6-8/h4-7H,11H2,1-3H3. The minimum Gasteiger partial charge on any atom is -0.321 e. The predicted molar refractivity (Wildman–Crippen MR) is 57.5 cm³/mol. The van der Waals surface area contributed by atoms with Gasteiger partial charge < -0.3 is 5.73 Å². The van der Waals surface area contributed by atoms with Crippen LogP contribution in [0.5, 0.6) is 0 Å². The summed E-state index contributed by atoms with van der Waals surface area (Å²) in [5.74, 6) is 0. The van der Waals surface area contributed by atoms with Gasteiger partial charge in [-0.25, -0.2) is 4.98 Å². The molecule has 0 aliphatic rings. The second-order valence-electron chi connectivity index (χ2n) is 4.24. The molecule has 2 aromatic rings. The molecule has 5 heteroatoms. The molecule has 5 nitrogen and oxygen atoms in total. The van der Waals surface area contributed by atoms with Crippen molar-refractivity contribution in [1.29, 1.82) is 0 Å². The van der Waals surface area contributed by atoms with Gasteiger partial charge in [-0.15, -0.1) is 0 Å².